The molecule has 0 atom stereocenters. The van der Waals surface area contributed by atoms with Gasteiger partial charge in [-0.3, -0.25) is 9.59 Å². The highest BCUT2D eigenvalue weighted by molar-refractivity contribution is 5.97. The van der Waals surface area contributed by atoms with E-state index in [-0.39, 0.29) is 12.3 Å². The maximum atomic E-state index is 11.9. The molecule has 2 aromatic rings. The number of hydrazone groups is 1. The summed E-state index contributed by atoms with van der Waals surface area (Å²) in [6, 6.07) is 8.38. The Hall–Kier alpha value is -2.93. The van der Waals surface area contributed by atoms with Gasteiger partial charge in [0.2, 0.25) is 11.8 Å². The molecule has 156 valence electrons. The Bertz CT molecular complexity index is 900. The van der Waals surface area contributed by atoms with Crippen LogP contribution in [0.2, 0.25) is 0 Å². The molecule has 2 N–H and O–H groups in total. The predicted octanol–water partition coefficient (Wildman–Crippen LogP) is 2.70. The zero-order valence-electron chi connectivity index (χ0n) is 17.8. The lowest BCUT2D eigenvalue weighted by molar-refractivity contribution is -0.129. The third-order valence-electron chi connectivity index (χ3n) is 4.64. The molecule has 0 aliphatic rings. The molecule has 0 saturated heterocycles. The van der Waals surface area contributed by atoms with Crippen molar-refractivity contribution in [2.75, 3.05) is 20.3 Å². The van der Waals surface area contributed by atoms with Gasteiger partial charge in [-0.15, -0.1) is 0 Å². The molecule has 0 unspecified atom stereocenters. The van der Waals surface area contributed by atoms with Crippen LogP contribution in [0.25, 0.3) is 5.69 Å². The highest BCUT2D eigenvalue weighted by Crippen LogP contribution is 2.23. The number of ether oxygens (including phenoxy) is 1. The lowest BCUT2D eigenvalue weighted by Crippen LogP contribution is -2.30. The van der Waals surface area contributed by atoms with Crippen LogP contribution >= 0.6 is 0 Å². The Morgan fingerprint density at radius 3 is 2.62 bits per heavy atom. The van der Waals surface area contributed by atoms with E-state index in [4.69, 9.17) is 4.74 Å². The van der Waals surface area contributed by atoms with Gasteiger partial charge in [0.1, 0.15) is 6.42 Å². The standard InChI is InChI=1S/C22H30N4O3/c1-15-7-8-16(2)20(11-15)26-17(3)12-19(18(26)4)14-24-25-22(28)13-21(27)23-9-6-10-29-5/h7-8,11-12,14H,6,9-10,13H2,1-5H3,(H,23,27)(H,25,28)/b24-14+. The maximum absolute atomic E-state index is 11.9. The smallest absolute Gasteiger partial charge is 0.249 e. The minimum atomic E-state index is -0.450. The van der Waals surface area contributed by atoms with Gasteiger partial charge in [0.15, 0.2) is 0 Å². The number of aryl methyl sites for hydroxylation is 3. The fourth-order valence-electron chi connectivity index (χ4n) is 3.12. The number of nitrogens with zero attached hydrogens (tertiary/aromatic N) is 2. The molecular formula is C22H30N4O3. The molecule has 1 heterocycles. The SMILES string of the molecule is COCCCNC(=O)CC(=O)N/N=C/c1cc(C)n(-c2cc(C)ccc2C)c1C. The number of nitrogens with one attached hydrogen (secondary N) is 2. The van der Waals surface area contributed by atoms with Crippen LogP contribution in [0.4, 0.5) is 0 Å². The highest BCUT2D eigenvalue weighted by atomic mass is 16.5. The van der Waals surface area contributed by atoms with Crippen molar-refractivity contribution in [3.8, 4) is 5.69 Å². The normalized spacial score (nSPS) is 11.1. The Morgan fingerprint density at radius 2 is 1.90 bits per heavy atom. The van der Waals surface area contributed by atoms with Crippen molar-refractivity contribution >= 4 is 18.0 Å². The fraction of sp³-hybridized carbons (Fsp3) is 0.409. The molecule has 1 aromatic carbocycles. The first-order valence-corrected chi connectivity index (χ1v) is 9.67. The first-order chi connectivity index (χ1) is 13.8. The fourth-order valence-corrected chi connectivity index (χ4v) is 3.12. The molecule has 0 fully saturated rings. The number of rotatable bonds is 9. The lowest BCUT2D eigenvalue weighted by atomic mass is 10.1. The summed E-state index contributed by atoms with van der Waals surface area (Å²) in [5, 5.41) is 6.68. The van der Waals surface area contributed by atoms with Crippen LogP contribution in [0.5, 0.6) is 0 Å². The first-order valence-electron chi connectivity index (χ1n) is 9.67. The third kappa shape index (κ3) is 6.29. The number of hydrogen-bond acceptors (Lipinski definition) is 4. The van der Waals surface area contributed by atoms with Crippen LogP contribution in [-0.2, 0) is 14.3 Å². The Morgan fingerprint density at radius 1 is 1.14 bits per heavy atom. The van der Waals surface area contributed by atoms with Crippen molar-refractivity contribution in [2.45, 2.75) is 40.5 Å². The van der Waals surface area contributed by atoms with E-state index in [9.17, 15) is 9.59 Å². The summed E-state index contributed by atoms with van der Waals surface area (Å²) in [4.78, 5) is 23.6. The molecule has 0 radical (unpaired) electrons. The van der Waals surface area contributed by atoms with Crippen LogP contribution in [0.3, 0.4) is 0 Å². The van der Waals surface area contributed by atoms with E-state index in [1.807, 2.05) is 19.9 Å². The van der Waals surface area contributed by atoms with Gasteiger partial charge in [-0.1, -0.05) is 12.1 Å². The summed E-state index contributed by atoms with van der Waals surface area (Å²) in [7, 11) is 1.60. The van der Waals surface area contributed by atoms with Gasteiger partial charge in [-0.25, -0.2) is 5.43 Å². The second-order valence-electron chi connectivity index (χ2n) is 7.12. The minimum absolute atomic E-state index is 0.258. The van der Waals surface area contributed by atoms with E-state index in [1.54, 1.807) is 13.3 Å². The molecule has 7 nitrogen and oxygen atoms in total. The molecule has 29 heavy (non-hydrogen) atoms. The summed E-state index contributed by atoms with van der Waals surface area (Å²) >= 11 is 0. The summed E-state index contributed by atoms with van der Waals surface area (Å²) in [6.07, 6.45) is 2.06. The van der Waals surface area contributed by atoms with Crippen molar-refractivity contribution in [1.82, 2.24) is 15.3 Å². The second-order valence-corrected chi connectivity index (χ2v) is 7.12. The highest BCUT2D eigenvalue weighted by Gasteiger charge is 2.12. The maximum Gasteiger partial charge on any atom is 0.249 e. The van der Waals surface area contributed by atoms with Gasteiger partial charge in [-0.05, 0) is 57.4 Å². The van der Waals surface area contributed by atoms with Gasteiger partial charge in [-0.2, -0.15) is 5.10 Å². The van der Waals surface area contributed by atoms with Crippen LogP contribution in [-0.4, -0.2) is 42.9 Å². The summed E-state index contributed by atoms with van der Waals surface area (Å²) in [5.74, 6) is -0.782. The Labute approximate surface area is 172 Å². The lowest BCUT2D eigenvalue weighted by Gasteiger charge is -2.13. The van der Waals surface area contributed by atoms with Gasteiger partial charge in [0.05, 0.1) is 6.21 Å². The van der Waals surface area contributed by atoms with E-state index in [2.05, 4.69) is 52.5 Å². The number of methoxy groups -OCH3 is 1. The summed E-state index contributed by atoms with van der Waals surface area (Å²) < 4.78 is 7.09. The Kier molecular flexibility index (Phi) is 8.15. The number of hydrogen-bond donors (Lipinski definition) is 2. The second kappa shape index (κ2) is 10.6. The van der Waals surface area contributed by atoms with Gasteiger partial charge < -0.3 is 14.6 Å². The number of carbonyl (C=O) groups excluding carboxylic acids is 2. The molecule has 0 bridgehead atoms. The molecule has 2 rings (SSSR count). The predicted molar refractivity (Wildman–Crippen MR) is 115 cm³/mol. The molecule has 0 aliphatic carbocycles. The largest absolute Gasteiger partial charge is 0.385 e. The van der Waals surface area contributed by atoms with Crippen molar-refractivity contribution in [2.24, 2.45) is 5.10 Å². The summed E-state index contributed by atoms with van der Waals surface area (Å²) in [5.41, 5.74) is 8.96. The van der Waals surface area contributed by atoms with Crippen LogP contribution in [0.15, 0.2) is 29.4 Å². The first kappa shape index (κ1) is 22.4. The number of amides is 2. The van der Waals surface area contributed by atoms with Gasteiger partial charge in [0, 0.05) is 42.9 Å². The van der Waals surface area contributed by atoms with Crippen molar-refractivity contribution in [1.29, 1.82) is 0 Å². The number of aromatic nitrogens is 1. The van der Waals surface area contributed by atoms with E-state index >= 15 is 0 Å². The molecule has 7 heteroatoms. The Balaban J connectivity index is 1.99. The van der Waals surface area contributed by atoms with Crippen molar-refractivity contribution < 1.29 is 14.3 Å². The van der Waals surface area contributed by atoms with E-state index in [1.165, 1.54) is 11.1 Å². The zero-order valence-corrected chi connectivity index (χ0v) is 17.8. The number of carbonyl (C=O) groups is 2. The van der Waals surface area contributed by atoms with Crippen molar-refractivity contribution in [3.63, 3.8) is 0 Å². The quantitative estimate of drug-likeness (QED) is 0.295. The number of benzene rings is 1. The molecule has 0 spiro atoms. The zero-order chi connectivity index (χ0) is 21.4. The van der Waals surface area contributed by atoms with Crippen LogP contribution in [0.1, 0.15) is 40.9 Å². The summed E-state index contributed by atoms with van der Waals surface area (Å²) in [6.45, 7) is 9.26. The molecule has 0 saturated carbocycles. The van der Waals surface area contributed by atoms with Gasteiger partial charge in [0.25, 0.3) is 0 Å². The minimum Gasteiger partial charge on any atom is -0.385 e. The van der Waals surface area contributed by atoms with Crippen LogP contribution in [0, 0.1) is 27.7 Å². The average Bonchev–Trinajstić information content (AvgIpc) is 2.94. The molecule has 1 aromatic heterocycles. The van der Waals surface area contributed by atoms with Crippen LogP contribution < -0.4 is 10.7 Å². The van der Waals surface area contributed by atoms with Gasteiger partial charge >= 0.3 is 0 Å². The molecular weight excluding hydrogens is 368 g/mol. The average molecular weight is 399 g/mol. The van der Waals surface area contributed by atoms with E-state index < -0.39 is 5.91 Å². The topological polar surface area (TPSA) is 84.7 Å². The van der Waals surface area contributed by atoms with Crippen molar-refractivity contribution in [3.05, 3.63) is 52.3 Å². The monoisotopic (exact) mass is 398 g/mol. The third-order valence-corrected chi connectivity index (χ3v) is 4.64. The molecule has 2 amide bonds. The van der Waals surface area contributed by atoms with E-state index in [0.717, 1.165) is 22.6 Å². The van der Waals surface area contributed by atoms with E-state index in [0.29, 0.717) is 19.6 Å². The molecule has 0 aliphatic heterocycles.